The number of nitrogens with zero attached hydrogens (tertiary/aromatic N) is 2. The van der Waals surface area contributed by atoms with E-state index in [4.69, 9.17) is 4.74 Å². The maximum atomic E-state index is 13.6. The minimum absolute atomic E-state index is 0.0541. The van der Waals surface area contributed by atoms with E-state index >= 15 is 0 Å². The van der Waals surface area contributed by atoms with Crippen molar-refractivity contribution in [2.24, 2.45) is 0 Å². The zero-order valence-corrected chi connectivity index (χ0v) is 20.3. The second kappa shape index (κ2) is 10.1. The highest BCUT2D eigenvalue weighted by Gasteiger charge is 2.23. The number of carbonyl (C=O) groups is 2. The smallest absolute Gasteiger partial charge is 0.336 e. The lowest BCUT2D eigenvalue weighted by Gasteiger charge is -2.15. The molecule has 2 N–H and O–H groups in total. The van der Waals surface area contributed by atoms with Crippen LogP contribution in [0, 0.1) is 0 Å². The maximum absolute atomic E-state index is 13.6. The van der Waals surface area contributed by atoms with Crippen LogP contribution in [0.15, 0.2) is 82.4 Å². The fourth-order valence-corrected chi connectivity index (χ4v) is 4.24. The molecule has 0 saturated heterocycles. The van der Waals surface area contributed by atoms with E-state index in [1.54, 1.807) is 72.8 Å². The lowest BCUT2D eigenvalue weighted by atomic mass is 10.1. The van der Waals surface area contributed by atoms with Gasteiger partial charge in [-0.3, -0.25) is 19.0 Å². The zero-order chi connectivity index (χ0) is 25.9. The Morgan fingerprint density at radius 1 is 0.919 bits per heavy atom. The van der Waals surface area contributed by atoms with E-state index in [1.807, 2.05) is 0 Å². The molecule has 1 aromatic heterocycles. The molecule has 188 valence electrons. The maximum Gasteiger partial charge on any atom is 0.336 e. The van der Waals surface area contributed by atoms with E-state index in [2.05, 4.69) is 10.6 Å². The fourth-order valence-electron chi connectivity index (χ4n) is 4.24. The molecular weight excluding hydrogens is 472 g/mol. The van der Waals surface area contributed by atoms with Crippen molar-refractivity contribution in [2.45, 2.75) is 31.8 Å². The first kappa shape index (κ1) is 24.1. The SMILES string of the molecule is COc1ccccc1NC(=O)Cn1c(=O)n(-c2ccc(CC(=O)NC3CC3)cc2)c(=O)c2ccccc21. The molecule has 9 nitrogen and oxygen atoms in total. The highest BCUT2D eigenvalue weighted by Crippen LogP contribution is 2.23. The van der Waals surface area contributed by atoms with Crippen LogP contribution in [0.25, 0.3) is 16.6 Å². The van der Waals surface area contributed by atoms with E-state index in [1.165, 1.54) is 11.7 Å². The lowest BCUT2D eigenvalue weighted by molar-refractivity contribution is -0.120. The summed E-state index contributed by atoms with van der Waals surface area (Å²) in [4.78, 5) is 52.0. The Morgan fingerprint density at radius 3 is 2.35 bits per heavy atom. The van der Waals surface area contributed by atoms with E-state index in [0.717, 1.165) is 23.0 Å². The van der Waals surface area contributed by atoms with Gasteiger partial charge in [0, 0.05) is 6.04 Å². The van der Waals surface area contributed by atoms with E-state index in [9.17, 15) is 19.2 Å². The minimum atomic E-state index is -0.641. The van der Waals surface area contributed by atoms with Crippen molar-refractivity contribution in [1.29, 1.82) is 0 Å². The highest BCUT2D eigenvalue weighted by molar-refractivity contribution is 5.93. The molecule has 0 radical (unpaired) electrons. The second-order valence-electron chi connectivity index (χ2n) is 8.96. The van der Waals surface area contributed by atoms with Gasteiger partial charge in [0.1, 0.15) is 12.3 Å². The first-order chi connectivity index (χ1) is 17.9. The number of methoxy groups -OCH3 is 1. The Hall–Kier alpha value is -4.66. The summed E-state index contributed by atoms with van der Waals surface area (Å²) >= 11 is 0. The van der Waals surface area contributed by atoms with Crippen LogP contribution in [-0.2, 0) is 22.6 Å². The van der Waals surface area contributed by atoms with Gasteiger partial charge in [-0.1, -0.05) is 36.4 Å². The summed E-state index contributed by atoms with van der Waals surface area (Å²) in [5, 5.41) is 6.02. The van der Waals surface area contributed by atoms with Crippen LogP contribution < -0.4 is 26.6 Å². The van der Waals surface area contributed by atoms with E-state index in [-0.39, 0.29) is 24.9 Å². The summed E-state index contributed by atoms with van der Waals surface area (Å²) in [5.41, 5.74) is 0.830. The number of hydrogen-bond donors (Lipinski definition) is 2. The summed E-state index contributed by atoms with van der Waals surface area (Å²) < 4.78 is 7.61. The fraction of sp³-hybridized carbons (Fsp3) is 0.214. The number of anilines is 1. The molecule has 0 atom stereocenters. The van der Waals surface area contributed by atoms with Crippen LogP contribution in [0.2, 0.25) is 0 Å². The van der Waals surface area contributed by atoms with Crippen molar-refractivity contribution in [2.75, 3.05) is 12.4 Å². The van der Waals surface area contributed by atoms with Crippen molar-refractivity contribution in [1.82, 2.24) is 14.5 Å². The topological polar surface area (TPSA) is 111 Å². The largest absolute Gasteiger partial charge is 0.495 e. The van der Waals surface area contributed by atoms with E-state index < -0.39 is 17.2 Å². The monoisotopic (exact) mass is 498 g/mol. The summed E-state index contributed by atoms with van der Waals surface area (Å²) in [5.74, 6) is -0.00978. The minimum Gasteiger partial charge on any atom is -0.495 e. The Kier molecular flexibility index (Phi) is 6.59. The van der Waals surface area contributed by atoms with Crippen molar-refractivity contribution in [3.8, 4) is 11.4 Å². The molecule has 0 spiro atoms. The van der Waals surface area contributed by atoms with Crippen molar-refractivity contribution >= 4 is 28.4 Å². The first-order valence-corrected chi connectivity index (χ1v) is 12.0. The normalized spacial score (nSPS) is 12.8. The van der Waals surface area contributed by atoms with Gasteiger partial charge < -0.3 is 15.4 Å². The Bertz CT molecular complexity index is 1600. The quantitative estimate of drug-likeness (QED) is 0.388. The molecule has 9 heteroatoms. The number of hydrogen-bond acceptors (Lipinski definition) is 5. The number of para-hydroxylation sites is 3. The third kappa shape index (κ3) is 5.16. The molecule has 1 aliphatic carbocycles. The second-order valence-corrected chi connectivity index (χ2v) is 8.96. The number of carbonyl (C=O) groups excluding carboxylic acids is 2. The summed E-state index contributed by atoms with van der Waals surface area (Å²) in [6.07, 6.45) is 2.24. The molecule has 1 heterocycles. The predicted molar refractivity (Wildman–Crippen MR) is 140 cm³/mol. The number of aromatic nitrogens is 2. The Balaban J connectivity index is 1.48. The average molecular weight is 499 g/mol. The molecular formula is C28H26N4O5. The molecule has 2 amide bonds. The number of benzene rings is 3. The zero-order valence-electron chi connectivity index (χ0n) is 20.3. The van der Waals surface area contributed by atoms with Gasteiger partial charge in [0.2, 0.25) is 11.8 Å². The number of amides is 2. The number of nitrogens with one attached hydrogen (secondary N) is 2. The Morgan fingerprint density at radius 2 is 1.62 bits per heavy atom. The van der Waals surface area contributed by atoms with E-state index in [0.29, 0.717) is 28.0 Å². The molecule has 1 aliphatic rings. The molecule has 3 aromatic carbocycles. The molecule has 4 aromatic rings. The standard InChI is InChI=1S/C28H26N4O5/c1-37-24-9-5-3-7-22(24)30-26(34)17-31-23-8-4-2-6-21(23)27(35)32(28(31)36)20-14-10-18(11-15-20)16-25(33)29-19-12-13-19/h2-11,14-15,19H,12-13,16-17H2,1H3,(H,29,33)(H,30,34). The first-order valence-electron chi connectivity index (χ1n) is 12.0. The number of rotatable bonds is 8. The van der Waals surface area contributed by atoms with Crippen LogP contribution in [-0.4, -0.2) is 34.1 Å². The Labute approximate surface area is 212 Å². The van der Waals surface area contributed by atoms with Gasteiger partial charge in [-0.2, -0.15) is 0 Å². The average Bonchev–Trinajstić information content (AvgIpc) is 3.72. The van der Waals surface area contributed by atoms with Gasteiger partial charge in [-0.15, -0.1) is 0 Å². The third-order valence-electron chi connectivity index (χ3n) is 6.24. The van der Waals surface area contributed by atoms with Crippen LogP contribution in [0.4, 0.5) is 5.69 Å². The van der Waals surface area contributed by atoms with Gasteiger partial charge >= 0.3 is 5.69 Å². The molecule has 37 heavy (non-hydrogen) atoms. The lowest BCUT2D eigenvalue weighted by Crippen LogP contribution is -2.40. The number of ether oxygens (including phenoxy) is 1. The van der Waals surface area contributed by atoms with Gasteiger partial charge in [-0.25, -0.2) is 9.36 Å². The van der Waals surface area contributed by atoms with Crippen LogP contribution in [0.5, 0.6) is 5.75 Å². The van der Waals surface area contributed by atoms with Gasteiger partial charge in [0.15, 0.2) is 0 Å². The third-order valence-corrected chi connectivity index (χ3v) is 6.24. The van der Waals surface area contributed by atoms with Crippen LogP contribution >= 0.6 is 0 Å². The van der Waals surface area contributed by atoms with Crippen LogP contribution in [0.1, 0.15) is 18.4 Å². The molecule has 0 bridgehead atoms. The summed E-state index contributed by atoms with van der Waals surface area (Å²) in [7, 11) is 1.50. The summed E-state index contributed by atoms with van der Waals surface area (Å²) in [6.45, 7) is -0.308. The van der Waals surface area contributed by atoms with Gasteiger partial charge in [0.25, 0.3) is 5.56 Å². The van der Waals surface area contributed by atoms with Crippen molar-refractivity contribution < 1.29 is 14.3 Å². The van der Waals surface area contributed by atoms with Crippen molar-refractivity contribution in [3.63, 3.8) is 0 Å². The molecule has 1 saturated carbocycles. The van der Waals surface area contributed by atoms with Gasteiger partial charge in [0.05, 0.1) is 35.8 Å². The predicted octanol–water partition coefficient (Wildman–Crippen LogP) is 2.62. The van der Waals surface area contributed by atoms with Crippen molar-refractivity contribution in [3.05, 3.63) is 99.2 Å². The van der Waals surface area contributed by atoms with Crippen LogP contribution in [0.3, 0.4) is 0 Å². The van der Waals surface area contributed by atoms with Gasteiger partial charge in [-0.05, 0) is 54.8 Å². The molecule has 5 rings (SSSR count). The number of fused-ring (bicyclic) bond motifs is 1. The summed E-state index contributed by atoms with van der Waals surface area (Å²) in [6, 6.07) is 20.6. The molecule has 1 fully saturated rings. The highest BCUT2D eigenvalue weighted by atomic mass is 16.5. The molecule has 0 aliphatic heterocycles. The molecule has 0 unspecified atom stereocenters.